The van der Waals surface area contributed by atoms with E-state index in [1.165, 1.54) is 0 Å². The summed E-state index contributed by atoms with van der Waals surface area (Å²) in [5.74, 6) is 0. The molecule has 0 unspecified atom stereocenters. The first-order valence-electron chi connectivity index (χ1n) is 2.45. The van der Waals surface area contributed by atoms with Crippen molar-refractivity contribution < 1.29 is 0 Å². The molecule has 0 N–H and O–H groups in total. The molecule has 0 aliphatic carbocycles. The molecule has 0 aliphatic heterocycles. The van der Waals surface area contributed by atoms with E-state index in [0.717, 1.165) is 0 Å². The molecule has 0 amide bonds. The third-order valence-electron chi connectivity index (χ3n) is 0.998. The second kappa shape index (κ2) is 3.36. The minimum absolute atomic E-state index is 0.186. The first-order chi connectivity index (χ1) is 5.20. The van der Waals surface area contributed by atoms with E-state index in [1.807, 2.05) is 57.6 Å². The molecule has 0 radical (unpaired) electrons. The number of rotatable bonds is 0. The third-order valence-corrected chi connectivity index (χ3v) is 3.58. The summed E-state index contributed by atoms with van der Waals surface area (Å²) in [5.41, 5.74) is 0.490. The van der Waals surface area contributed by atoms with Gasteiger partial charge in [-0.25, -0.2) is 7.76 Å². The Hall–Kier alpha value is -0.350. The van der Waals surface area contributed by atoms with Gasteiger partial charge in [-0.05, 0) is 0 Å². The first-order valence-corrected chi connectivity index (χ1v) is 4.49. The molecule has 1 heterocycles. The van der Waals surface area contributed by atoms with Gasteiger partial charge >= 0.3 is 0 Å². The maximum absolute atomic E-state index is 8.57. The Morgan fingerprint density at radius 3 is 2.36 bits per heavy atom. The third kappa shape index (κ3) is 1.46. The van der Waals surface area contributed by atoms with E-state index in [9.17, 15) is 0 Å². The van der Waals surface area contributed by atoms with Crippen LogP contribution in [0, 0.1) is 26.5 Å². The van der Waals surface area contributed by atoms with Gasteiger partial charge in [0.25, 0.3) is 0 Å². The van der Waals surface area contributed by atoms with Crippen LogP contribution in [0.15, 0.2) is 0 Å². The Kier molecular flexibility index (Phi) is 2.67. The molecule has 0 saturated heterocycles. The Balaban J connectivity index is 3.45. The lowest BCUT2D eigenvalue weighted by Crippen LogP contribution is -1.86. The fraction of sp³-hybridized carbons (Fsp3) is 0. The van der Waals surface area contributed by atoms with Gasteiger partial charge in [-0.1, -0.05) is 0 Å². The van der Waals surface area contributed by atoms with Crippen LogP contribution in [0.3, 0.4) is 0 Å². The van der Waals surface area contributed by atoms with Crippen molar-refractivity contribution in [2.75, 3.05) is 0 Å². The number of nitrogens with zero attached hydrogens (tertiary/aromatic N) is 4. The summed E-state index contributed by atoms with van der Waals surface area (Å²) in [5, 5.41) is 17.1. The zero-order valence-electron chi connectivity index (χ0n) is 5.04. The van der Waals surface area contributed by atoms with E-state index < -0.39 is 0 Å². The van der Waals surface area contributed by atoms with Crippen molar-refractivity contribution >= 4 is 45.5 Å². The Bertz CT molecular complexity index is 367. The maximum Gasteiger partial charge on any atom is 0.182 e. The minimum Gasteiger partial charge on any atom is -0.249 e. The molecule has 1 rings (SSSR count). The first kappa shape index (κ1) is 8.74. The number of hydrogen-bond acceptors (Lipinski definition) is 3. The van der Waals surface area contributed by atoms with Crippen molar-refractivity contribution in [1.29, 1.82) is 10.5 Å². The van der Waals surface area contributed by atoms with Gasteiger partial charge < -0.3 is 0 Å². The average molecular weight is 370 g/mol. The zero-order chi connectivity index (χ0) is 8.43. The second-order valence-corrected chi connectivity index (χ2v) is 3.51. The predicted octanol–water partition coefficient (Wildman–Crippen LogP) is 1.43. The molecule has 0 bridgehead atoms. The molecule has 0 aliphatic rings. The normalized spacial score (nSPS) is 8.73. The fourth-order valence-electron chi connectivity index (χ4n) is 0.549. The average Bonchev–Trinajstić information content (AvgIpc) is 2.28. The molecule has 1 aromatic rings. The van der Waals surface area contributed by atoms with Gasteiger partial charge in [-0.3, -0.25) is 0 Å². The van der Waals surface area contributed by atoms with Crippen LogP contribution in [0.5, 0.6) is 0 Å². The number of nitriles is 2. The van der Waals surface area contributed by atoms with Crippen LogP contribution in [0.1, 0.15) is 11.4 Å². The molecule has 0 saturated carbocycles. The molecule has 11 heavy (non-hydrogen) atoms. The summed E-state index contributed by atoms with van der Waals surface area (Å²) in [7, 11) is 0. The zero-order valence-corrected chi connectivity index (χ0v) is 9.36. The van der Waals surface area contributed by atoms with Crippen LogP contribution < -0.4 is 0 Å². The van der Waals surface area contributed by atoms with Gasteiger partial charge in [-0.15, -0.1) is 0 Å². The van der Waals surface area contributed by atoms with E-state index in [1.54, 1.807) is 2.78 Å². The molecular formula is C5I2N4. The molecule has 0 aromatic carbocycles. The van der Waals surface area contributed by atoms with Crippen LogP contribution in [0.25, 0.3) is 0 Å². The molecule has 54 valence electrons. The highest BCUT2D eigenvalue weighted by molar-refractivity contribution is 14.1. The standard InChI is InChI=1S/C5I2N4/c6-5-10-3(1-8)4(2-9)11(5)7. The number of aromatic nitrogens is 2. The Morgan fingerprint density at radius 2 is 2.00 bits per heavy atom. The van der Waals surface area contributed by atoms with Crippen molar-refractivity contribution in [1.82, 2.24) is 7.76 Å². The quantitative estimate of drug-likeness (QED) is 0.650. The fourth-order valence-corrected chi connectivity index (χ4v) is 1.48. The number of hydrogen-bond donors (Lipinski definition) is 0. The Labute approximate surface area is 90.5 Å². The van der Waals surface area contributed by atoms with Gasteiger partial charge in [0.05, 0.1) is 22.9 Å². The summed E-state index contributed by atoms with van der Waals surface area (Å²) >= 11 is 3.88. The summed E-state index contributed by atoms with van der Waals surface area (Å²) in [6.45, 7) is 0. The van der Waals surface area contributed by atoms with E-state index >= 15 is 0 Å². The number of imidazole rings is 1. The monoisotopic (exact) mass is 370 g/mol. The highest BCUT2D eigenvalue weighted by Gasteiger charge is 2.12. The molecule has 1 aromatic heterocycles. The largest absolute Gasteiger partial charge is 0.249 e. The van der Waals surface area contributed by atoms with E-state index in [-0.39, 0.29) is 5.69 Å². The van der Waals surface area contributed by atoms with Crippen LogP contribution in [0.2, 0.25) is 0 Å². The lowest BCUT2D eigenvalue weighted by atomic mass is 10.4. The van der Waals surface area contributed by atoms with Crippen LogP contribution >= 0.6 is 45.5 Å². The summed E-state index contributed by atoms with van der Waals surface area (Å²) in [4.78, 5) is 3.86. The van der Waals surface area contributed by atoms with Gasteiger partial charge in [0.15, 0.2) is 15.2 Å². The second-order valence-electron chi connectivity index (χ2n) is 1.58. The van der Waals surface area contributed by atoms with Crippen molar-refractivity contribution in [3.05, 3.63) is 15.2 Å². The van der Waals surface area contributed by atoms with Crippen LogP contribution in [-0.2, 0) is 0 Å². The summed E-state index contributed by atoms with van der Waals surface area (Å²) < 4.78 is 2.19. The summed E-state index contributed by atoms with van der Waals surface area (Å²) in [6.07, 6.45) is 0. The molecule has 6 heteroatoms. The smallest absolute Gasteiger partial charge is 0.182 e. The highest BCUT2D eigenvalue weighted by Crippen LogP contribution is 2.14. The number of halogens is 2. The van der Waals surface area contributed by atoms with Crippen molar-refractivity contribution in [3.63, 3.8) is 0 Å². The van der Waals surface area contributed by atoms with E-state index in [2.05, 4.69) is 4.98 Å². The maximum atomic E-state index is 8.57. The molecule has 0 atom stereocenters. The Morgan fingerprint density at radius 1 is 1.36 bits per heavy atom. The van der Waals surface area contributed by atoms with E-state index in [4.69, 9.17) is 10.5 Å². The molecule has 4 nitrogen and oxygen atoms in total. The lowest BCUT2D eigenvalue weighted by molar-refractivity contribution is 1.18. The van der Waals surface area contributed by atoms with Crippen LogP contribution in [0.4, 0.5) is 0 Å². The topological polar surface area (TPSA) is 65.4 Å². The molecule has 0 fully saturated rings. The predicted molar refractivity (Wildman–Crippen MR) is 53.8 cm³/mol. The lowest BCUT2D eigenvalue weighted by Gasteiger charge is -1.87. The van der Waals surface area contributed by atoms with Gasteiger partial charge in [-0.2, -0.15) is 10.5 Å². The molecular weight excluding hydrogens is 370 g/mol. The SMILES string of the molecule is N#Cc1nc(I)n(I)c1C#N. The van der Waals surface area contributed by atoms with Gasteiger partial charge in [0.2, 0.25) is 0 Å². The van der Waals surface area contributed by atoms with Crippen molar-refractivity contribution in [3.8, 4) is 12.1 Å². The van der Waals surface area contributed by atoms with E-state index in [0.29, 0.717) is 9.53 Å². The molecule has 0 spiro atoms. The van der Waals surface area contributed by atoms with Crippen molar-refractivity contribution in [2.45, 2.75) is 0 Å². The van der Waals surface area contributed by atoms with Gasteiger partial charge in [0, 0.05) is 22.6 Å². The summed E-state index contributed by atoms with van der Waals surface area (Å²) in [6, 6.07) is 3.75. The minimum atomic E-state index is 0.186. The van der Waals surface area contributed by atoms with Gasteiger partial charge in [0.1, 0.15) is 12.1 Å². The van der Waals surface area contributed by atoms with Crippen molar-refractivity contribution in [2.24, 2.45) is 0 Å². The van der Waals surface area contributed by atoms with Crippen LogP contribution in [-0.4, -0.2) is 7.76 Å². The highest BCUT2D eigenvalue weighted by atomic mass is 127.